The summed E-state index contributed by atoms with van der Waals surface area (Å²) < 4.78 is 14.3. The van der Waals surface area contributed by atoms with Gasteiger partial charge >= 0.3 is 7.75 Å². The predicted molar refractivity (Wildman–Crippen MR) is 85.3 cm³/mol. The highest BCUT2D eigenvalue weighted by atomic mass is 31.2. The molecule has 0 fully saturated rings. The van der Waals surface area contributed by atoms with Crippen molar-refractivity contribution in [3.05, 3.63) is 53.8 Å². The van der Waals surface area contributed by atoms with Gasteiger partial charge in [0, 0.05) is 0 Å². The van der Waals surface area contributed by atoms with E-state index in [4.69, 9.17) is 9.79 Å². The zero-order valence-corrected chi connectivity index (χ0v) is 13.0. The van der Waals surface area contributed by atoms with E-state index >= 15 is 0 Å². The third kappa shape index (κ3) is 5.04. The Morgan fingerprint density at radius 2 is 1.83 bits per heavy atom. The van der Waals surface area contributed by atoms with E-state index in [1.165, 1.54) is 30.4 Å². The van der Waals surface area contributed by atoms with Crippen LogP contribution in [0.5, 0.6) is 5.75 Å². The monoisotopic (exact) mass is 339 g/mol. The van der Waals surface area contributed by atoms with E-state index in [1.807, 2.05) is 0 Å². The van der Waals surface area contributed by atoms with Gasteiger partial charge in [-0.25, -0.2) is 4.57 Å². The van der Waals surface area contributed by atoms with E-state index in [9.17, 15) is 19.9 Å². The Labute approximate surface area is 133 Å². The van der Waals surface area contributed by atoms with Crippen LogP contribution < -0.4 is 0 Å². The lowest BCUT2D eigenvalue weighted by Gasteiger charge is -2.24. The second-order valence-electron chi connectivity index (χ2n) is 5.24. The van der Waals surface area contributed by atoms with Gasteiger partial charge < -0.3 is 25.1 Å². The molecular formula is C15H18NO6P. The third-order valence-corrected chi connectivity index (χ3v) is 3.96. The van der Waals surface area contributed by atoms with Crippen LogP contribution in [0.3, 0.4) is 0 Å². The first kappa shape index (κ1) is 17.4. The zero-order chi connectivity index (χ0) is 17.0. The van der Waals surface area contributed by atoms with Crippen LogP contribution in [0.15, 0.2) is 53.0 Å². The number of aromatic hydroxyl groups is 1. The van der Waals surface area contributed by atoms with Crippen molar-refractivity contribution >= 4 is 13.5 Å². The number of allylic oxidation sites excluding steroid dienone is 3. The standard InChI is InChI=1S/C15H18NO6P/c17-11-7-4-10(5-8-11)6-9-14(19)15-12(16-23(20,21)22)2-1-3-13(15)18/h1-5,7-8,14-15,17-19H,6,9H2,(H2,20,21,22)/b16-12+. The molecule has 2 unspecified atom stereocenters. The lowest BCUT2D eigenvalue weighted by Crippen LogP contribution is -2.31. The van der Waals surface area contributed by atoms with Crippen molar-refractivity contribution < 1.29 is 29.7 Å². The average molecular weight is 339 g/mol. The van der Waals surface area contributed by atoms with Gasteiger partial charge in [0.1, 0.15) is 11.5 Å². The van der Waals surface area contributed by atoms with Crippen LogP contribution in [0.2, 0.25) is 0 Å². The molecule has 1 aliphatic carbocycles. The average Bonchev–Trinajstić information content (AvgIpc) is 2.45. The molecule has 8 heteroatoms. The molecule has 0 bridgehead atoms. The Bertz CT molecular complexity index is 688. The minimum Gasteiger partial charge on any atom is -0.512 e. The van der Waals surface area contributed by atoms with Gasteiger partial charge in [0.15, 0.2) is 0 Å². The van der Waals surface area contributed by atoms with Gasteiger partial charge in [-0.1, -0.05) is 18.2 Å². The summed E-state index contributed by atoms with van der Waals surface area (Å²) in [6.07, 6.45) is 3.78. The molecule has 23 heavy (non-hydrogen) atoms. The molecule has 124 valence electrons. The number of phenols is 1. The molecule has 0 aromatic heterocycles. The first-order valence-electron chi connectivity index (χ1n) is 6.95. The quantitative estimate of drug-likeness (QED) is 0.520. The normalized spacial score (nSPS) is 21.3. The van der Waals surface area contributed by atoms with Crippen LogP contribution in [0, 0.1) is 5.92 Å². The molecule has 0 aliphatic heterocycles. The summed E-state index contributed by atoms with van der Waals surface area (Å²) in [6.45, 7) is 0. The topological polar surface area (TPSA) is 131 Å². The maximum absolute atomic E-state index is 11.1. The van der Waals surface area contributed by atoms with Crippen molar-refractivity contribution in [2.75, 3.05) is 0 Å². The molecule has 0 radical (unpaired) electrons. The maximum atomic E-state index is 11.1. The maximum Gasteiger partial charge on any atom is 0.448 e. The van der Waals surface area contributed by atoms with E-state index in [-0.39, 0.29) is 23.6 Å². The third-order valence-electron chi connectivity index (χ3n) is 3.47. The van der Waals surface area contributed by atoms with Crippen molar-refractivity contribution in [3.8, 4) is 5.75 Å². The fraction of sp³-hybridized carbons (Fsp3) is 0.267. The first-order valence-corrected chi connectivity index (χ1v) is 8.51. The summed E-state index contributed by atoms with van der Waals surface area (Å²) in [6, 6.07) is 6.48. The zero-order valence-electron chi connectivity index (χ0n) is 12.1. The van der Waals surface area contributed by atoms with Crippen LogP contribution in [0.1, 0.15) is 12.0 Å². The summed E-state index contributed by atoms with van der Waals surface area (Å²) in [7, 11) is -4.66. The number of aliphatic hydroxyl groups excluding tert-OH is 2. The fourth-order valence-electron chi connectivity index (χ4n) is 2.39. The lowest BCUT2D eigenvalue weighted by atomic mass is 9.88. The van der Waals surface area contributed by atoms with Crippen molar-refractivity contribution in [2.45, 2.75) is 18.9 Å². The Morgan fingerprint density at radius 3 is 2.43 bits per heavy atom. The smallest absolute Gasteiger partial charge is 0.448 e. The number of nitrogens with zero attached hydrogens (tertiary/aromatic N) is 1. The number of benzene rings is 1. The van der Waals surface area contributed by atoms with E-state index in [1.54, 1.807) is 12.1 Å². The van der Waals surface area contributed by atoms with Crippen molar-refractivity contribution in [1.29, 1.82) is 0 Å². The van der Waals surface area contributed by atoms with Gasteiger partial charge in [0.2, 0.25) is 0 Å². The number of phenolic OH excluding ortho intramolecular Hbond substituents is 1. The van der Waals surface area contributed by atoms with Crippen LogP contribution in [0.4, 0.5) is 0 Å². The predicted octanol–water partition coefficient (Wildman–Crippen LogP) is 1.85. The SMILES string of the molecule is O=P(O)(O)/N=C1\C=CC=C(O)C1C(O)CCc1ccc(O)cc1. The van der Waals surface area contributed by atoms with E-state index < -0.39 is 19.8 Å². The molecule has 0 saturated carbocycles. The minimum absolute atomic E-state index is 0.0588. The molecule has 1 aliphatic rings. The number of aryl methyl sites for hydroxylation is 1. The van der Waals surface area contributed by atoms with Crippen LogP contribution >= 0.6 is 7.75 Å². The summed E-state index contributed by atoms with van der Waals surface area (Å²) in [5.41, 5.74) is 0.821. The number of hydrogen-bond donors (Lipinski definition) is 5. The summed E-state index contributed by atoms with van der Waals surface area (Å²) in [5, 5.41) is 29.5. The van der Waals surface area contributed by atoms with Crippen LogP contribution in [0.25, 0.3) is 0 Å². The second kappa shape index (κ2) is 7.10. The molecule has 5 N–H and O–H groups in total. The molecule has 1 aromatic carbocycles. The van der Waals surface area contributed by atoms with Crippen molar-refractivity contribution in [1.82, 2.24) is 0 Å². The molecule has 0 amide bonds. The van der Waals surface area contributed by atoms with Gasteiger partial charge in [-0.15, -0.1) is 0 Å². The molecule has 1 aromatic rings. The molecule has 2 rings (SSSR count). The summed E-state index contributed by atoms with van der Waals surface area (Å²) in [5.74, 6) is -1.04. The van der Waals surface area contributed by atoms with Gasteiger partial charge in [0.05, 0.1) is 17.7 Å². The minimum atomic E-state index is -4.66. The van der Waals surface area contributed by atoms with Crippen LogP contribution in [-0.4, -0.2) is 36.9 Å². The highest BCUT2D eigenvalue weighted by Crippen LogP contribution is 2.39. The fourth-order valence-corrected chi connectivity index (χ4v) is 2.88. The van der Waals surface area contributed by atoms with E-state index in [0.29, 0.717) is 6.42 Å². The Morgan fingerprint density at radius 1 is 1.17 bits per heavy atom. The van der Waals surface area contributed by atoms with Gasteiger partial charge in [-0.3, -0.25) is 0 Å². The second-order valence-corrected chi connectivity index (χ2v) is 6.47. The molecule has 0 spiro atoms. The Balaban J connectivity index is 2.11. The molecule has 7 nitrogen and oxygen atoms in total. The molecule has 0 heterocycles. The molecular weight excluding hydrogens is 321 g/mol. The molecule has 2 atom stereocenters. The molecule has 0 saturated heterocycles. The summed E-state index contributed by atoms with van der Waals surface area (Å²) >= 11 is 0. The van der Waals surface area contributed by atoms with Gasteiger partial charge in [-0.2, -0.15) is 4.76 Å². The lowest BCUT2D eigenvalue weighted by molar-refractivity contribution is 0.122. The highest BCUT2D eigenvalue weighted by molar-refractivity contribution is 7.50. The Hall–Kier alpha value is -1.92. The summed E-state index contributed by atoms with van der Waals surface area (Å²) in [4.78, 5) is 17.9. The Kier molecular flexibility index (Phi) is 5.38. The van der Waals surface area contributed by atoms with Crippen molar-refractivity contribution in [3.63, 3.8) is 0 Å². The first-order chi connectivity index (χ1) is 10.8. The van der Waals surface area contributed by atoms with E-state index in [0.717, 1.165) is 5.56 Å². The number of hydrogen-bond acceptors (Lipinski definition) is 4. The van der Waals surface area contributed by atoms with E-state index in [2.05, 4.69) is 4.76 Å². The van der Waals surface area contributed by atoms with Crippen molar-refractivity contribution in [2.24, 2.45) is 10.7 Å². The van der Waals surface area contributed by atoms with Crippen LogP contribution in [-0.2, 0) is 11.0 Å². The number of rotatable bonds is 5. The van der Waals surface area contributed by atoms with Gasteiger partial charge in [-0.05, 0) is 42.7 Å². The van der Waals surface area contributed by atoms with Gasteiger partial charge in [0.25, 0.3) is 0 Å². The highest BCUT2D eigenvalue weighted by Gasteiger charge is 2.30. The number of aliphatic hydroxyl groups is 2. The largest absolute Gasteiger partial charge is 0.512 e.